The van der Waals surface area contributed by atoms with Crippen LogP contribution in [0, 0.1) is 0 Å². The van der Waals surface area contributed by atoms with Gasteiger partial charge in [-0.2, -0.15) is 0 Å². The predicted octanol–water partition coefficient (Wildman–Crippen LogP) is 1.12. The molecule has 0 aliphatic heterocycles. The molecule has 2 saturated carbocycles. The van der Waals surface area contributed by atoms with E-state index in [1.807, 2.05) is 0 Å². The zero-order valence-corrected chi connectivity index (χ0v) is 12.2. The van der Waals surface area contributed by atoms with Crippen molar-refractivity contribution in [3.8, 4) is 0 Å². The van der Waals surface area contributed by atoms with Crippen LogP contribution in [0.3, 0.4) is 0 Å². The number of amides is 2. The number of carbonyl (C=O) groups is 2. The average molecular weight is 283 g/mol. The maximum absolute atomic E-state index is 12.2. The molecule has 0 heterocycles. The van der Waals surface area contributed by atoms with Gasteiger partial charge in [0.05, 0.1) is 0 Å². The van der Waals surface area contributed by atoms with Crippen LogP contribution in [0.25, 0.3) is 0 Å². The number of carboxylic acid groups (broad SMARTS) is 1. The third-order valence-corrected chi connectivity index (χ3v) is 4.24. The Hall–Kier alpha value is -1.30. The molecule has 0 aromatic rings. The number of carboxylic acids is 1. The highest BCUT2D eigenvalue weighted by molar-refractivity contribution is 5.80. The molecule has 2 N–H and O–H groups in total. The molecule has 20 heavy (non-hydrogen) atoms. The lowest BCUT2D eigenvalue weighted by atomic mass is 10.2. The van der Waals surface area contributed by atoms with Crippen LogP contribution < -0.4 is 5.32 Å². The average Bonchev–Trinajstić information content (AvgIpc) is 3.11. The molecule has 0 bridgehead atoms. The SMILES string of the molecule is CN(CCNC(=O)N(CC(=O)O)C1CCCC1)C1CC1. The fourth-order valence-corrected chi connectivity index (χ4v) is 2.87. The van der Waals surface area contributed by atoms with Crippen LogP contribution in [-0.2, 0) is 4.79 Å². The summed E-state index contributed by atoms with van der Waals surface area (Å²) in [5.74, 6) is -0.942. The second-order valence-electron chi connectivity index (χ2n) is 5.90. The van der Waals surface area contributed by atoms with Gasteiger partial charge in [0.1, 0.15) is 6.54 Å². The number of urea groups is 1. The van der Waals surface area contributed by atoms with Crippen molar-refractivity contribution in [3.63, 3.8) is 0 Å². The minimum atomic E-state index is -0.942. The fraction of sp³-hybridized carbons (Fsp3) is 0.857. The smallest absolute Gasteiger partial charge is 0.323 e. The second kappa shape index (κ2) is 6.92. The molecule has 0 saturated heterocycles. The van der Waals surface area contributed by atoms with Crippen molar-refractivity contribution in [2.75, 3.05) is 26.7 Å². The topological polar surface area (TPSA) is 72.9 Å². The normalized spacial score (nSPS) is 19.3. The summed E-state index contributed by atoms with van der Waals surface area (Å²) in [6.45, 7) is 1.20. The maximum Gasteiger partial charge on any atom is 0.323 e. The van der Waals surface area contributed by atoms with Gasteiger partial charge in [-0.25, -0.2) is 4.79 Å². The van der Waals surface area contributed by atoms with Crippen molar-refractivity contribution >= 4 is 12.0 Å². The highest BCUT2D eigenvalue weighted by Gasteiger charge is 2.29. The van der Waals surface area contributed by atoms with E-state index in [9.17, 15) is 9.59 Å². The van der Waals surface area contributed by atoms with E-state index in [1.54, 1.807) is 0 Å². The summed E-state index contributed by atoms with van der Waals surface area (Å²) >= 11 is 0. The highest BCUT2D eigenvalue weighted by atomic mass is 16.4. The Kier molecular flexibility index (Phi) is 5.23. The molecule has 2 amide bonds. The van der Waals surface area contributed by atoms with E-state index in [2.05, 4.69) is 17.3 Å². The molecule has 0 radical (unpaired) electrons. The summed E-state index contributed by atoms with van der Waals surface area (Å²) in [5, 5.41) is 11.8. The lowest BCUT2D eigenvalue weighted by molar-refractivity contribution is -0.138. The molecule has 6 heteroatoms. The Labute approximate surface area is 120 Å². The van der Waals surface area contributed by atoms with Gasteiger partial charge >= 0.3 is 12.0 Å². The van der Waals surface area contributed by atoms with E-state index in [0.717, 1.165) is 32.2 Å². The lowest BCUT2D eigenvalue weighted by Crippen LogP contribution is -2.49. The van der Waals surface area contributed by atoms with Gasteiger partial charge in [0, 0.05) is 25.2 Å². The second-order valence-corrected chi connectivity index (χ2v) is 5.90. The summed E-state index contributed by atoms with van der Waals surface area (Å²) < 4.78 is 0. The number of hydrogen-bond acceptors (Lipinski definition) is 3. The van der Waals surface area contributed by atoms with Gasteiger partial charge in [-0.3, -0.25) is 4.79 Å². The standard InChI is InChI=1S/C14H25N3O3/c1-16(11-6-7-11)9-8-15-14(20)17(10-13(18)19)12-4-2-3-5-12/h11-12H,2-10H2,1H3,(H,15,20)(H,18,19). The van der Waals surface area contributed by atoms with E-state index in [-0.39, 0.29) is 18.6 Å². The number of rotatable bonds is 7. The molecule has 0 spiro atoms. The van der Waals surface area contributed by atoms with Crippen molar-refractivity contribution in [2.45, 2.75) is 50.6 Å². The van der Waals surface area contributed by atoms with Crippen LogP contribution in [0.1, 0.15) is 38.5 Å². The molecule has 0 aromatic carbocycles. The van der Waals surface area contributed by atoms with Gasteiger partial charge in [-0.1, -0.05) is 12.8 Å². The van der Waals surface area contributed by atoms with Crippen molar-refractivity contribution in [1.82, 2.24) is 15.1 Å². The molecule has 2 fully saturated rings. The Morgan fingerprint density at radius 3 is 2.35 bits per heavy atom. The third kappa shape index (κ3) is 4.37. The molecular formula is C14H25N3O3. The number of likely N-dealkylation sites (N-methyl/N-ethyl adjacent to an activating group) is 1. The monoisotopic (exact) mass is 283 g/mol. The Morgan fingerprint density at radius 2 is 1.80 bits per heavy atom. The molecule has 0 unspecified atom stereocenters. The number of nitrogens with zero attached hydrogens (tertiary/aromatic N) is 2. The molecule has 2 aliphatic rings. The Morgan fingerprint density at radius 1 is 1.15 bits per heavy atom. The van der Waals surface area contributed by atoms with Crippen molar-refractivity contribution < 1.29 is 14.7 Å². The van der Waals surface area contributed by atoms with Gasteiger partial charge < -0.3 is 20.2 Å². The molecule has 0 aromatic heterocycles. The summed E-state index contributed by atoms with van der Waals surface area (Å²) in [4.78, 5) is 26.8. The van der Waals surface area contributed by atoms with Crippen LogP contribution in [0.15, 0.2) is 0 Å². The minimum Gasteiger partial charge on any atom is -0.480 e. The van der Waals surface area contributed by atoms with Gasteiger partial charge in [-0.05, 0) is 32.7 Å². The van der Waals surface area contributed by atoms with Crippen LogP contribution in [0.2, 0.25) is 0 Å². The summed E-state index contributed by atoms with van der Waals surface area (Å²) in [7, 11) is 2.07. The first-order chi connectivity index (χ1) is 9.58. The van der Waals surface area contributed by atoms with Crippen molar-refractivity contribution in [3.05, 3.63) is 0 Å². The predicted molar refractivity (Wildman–Crippen MR) is 75.6 cm³/mol. The first-order valence-electron chi connectivity index (χ1n) is 7.54. The quantitative estimate of drug-likeness (QED) is 0.734. The number of carbonyl (C=O) groups excluding carboxylic acids is 1. The number of aliphatic carboxylic acids is 1. The zero-order chi connectivity index (χ0) is 14.5. The van der Waals surface area contributed by atoms with E-state index >= 15 is 0 Å². The first kappa shape index (κ1) is 15.1. The van der Waals surface area contributed by atoms with Gasteiger partial charge in [-0.15, -0.1) is 0 Å². The first-order valence-corrected chi connectivity index (χ1v) is 7.54. The highest BCUT2D eigenvalue weighted by Crippen LogP contribution is 2.25. The van der Waals surface area contributed by atoms with Crippen molar-refractivity contribution in [2.24, 2.45) is 0 Å². The van der Waals surface area contributed by atoms with Gasteiger partial charge in [0.15, 0.2) is 0 Å². The molecule has 2 rings (SSSR count). The van der Waals surface area contributed by atoms with E-state index in [1.165, 1.54) is 17.7 Å². The minimum absolute atomic E-state index is 0.0901. The van der Waals surface area contributed by atoms with E-state index in [0.29, 0.717) is 12.6 Å². The van der Waals surface area contributed by atoms with Gasteiger partial charge in [0.25, 0.3) is 0 Å². The number of hydrogen-bond donors (Lipinski definition) is 2. The molecule has 6 nitrogen and oxygen atoms in total. The van der Waals surface area contributed by atoms with E-state index in [4.69, 9.17) is 5.11 Å². The summed E-state index contributed by atoms with van der Waals surface area (Å²) in [6.07, 6.45) is 6.50. The van der Waals surface area contributed by atoms with Crippen molar-refractivity contribution in [1.29, 1.82) is 0 Å². The van der Waals surface area contributed by atoms with Crippen LogP contribution in [0.4, 0.5) is 4.79 Å². The maximum atomic E-state index is 12.2. The largest absolute Gasteiger partial charge is 0.480 e. The Bertz CT molecular complexity index is 352. The molecule has 0 atom stereocenters. The Balaban J connectivity index is 1.77. The lowest BCUT2D eigenvalue weighted by Gasteiger charge is -2.28. The molecule has 2 aliphatic carbocycles. The van der Waals surface area contributed by atoms with Crippen LogP contribution in [-0.4, -0.2) is 65.7 Å². The zero-order valence-electron chi connectivity index (χ0n) is 12.2. The molecule has 114 valence electrons. The number of nitrogens with one attached hydrogen (secondary N) is 1. The van der Waals surface area contributed by atoms with E-state index < -0.39 is 5.97 Å². The van der Waals surface area contributed by atoms with Crippen LogP contribution >= 0.6 is 0 Å². The third-order valence-electron chi connectivity index (χ3n) is 4.24. The summed E-state index contributed by atoms with van der Waals surface area (Å²) in [6, 6.07) is 0.535. The molecular weight excluding hydrogens is 258 g/mol. The summed E-state index contributed by atoms with van der Waals surface area (Å²) in [5.41, 5.74) is 0. The fourth-order valence-electron chi connectivity index (χ4n) is 2.87. The van der Waals surface area contributed by atoms with Gasteiger partial charge in [0.2, 0.25) is 0 Å². The van der Waals surface area contributed by atoms with Crippen LogP contribution in [0.5, 0.6) is 0 Å².